The van der Waals surface area contributed by atoms with Crippen LogP contribution in [-0.2, 0) is 0 Å². The van der Waals surface area contributed by atoms with Crippen molar-refractivity contribution in [3.8, 4) is 22.6 Å². The predicted octanol–water partition coefficient (Wildman–Crippen LogP) is 5.39. The van der Waals surface area contributed by atoms with Crippen molar-refractivity contribution in [2.24, 2.45) is 0 Å². The molecule has 1 heterocycles. The van der Waals surface area contributed by atoms with Crippen LogP contribution in [0, 0.1) is 0 Å². The van der Waals surface area contributed by atoms with E-state index in [0.717, 1.165) is 17.1 Å². The summed E-state index contributed by atoms with van der Waals surface area (Å²) < 4.78 is 11.3. The van der Waals surface area contributed by atoms with Crippen molar-refractivity contribution in [1.82, 2.24) is 0 Å². The van der Waals surface area contributed by atoms with Gasteiger partial charge in [-0.15, -0.1) is 0 Å². The molecule has 0 spiro atoms. The molecule has 110 valence electrons. The first kappa shape index (κ1) is 12.5. The van der Waals surface area contributed by atoms with Crippen LogP contribution in [0.25, 0.3) is 32.7 Å². The van der Waals surface area contributed by atoms with E-state index in [1.165, 1.54) is 27.1 Å². The highest BCUT2D eigenvalue weighted by atomic mass is 16.7. The molecule has 0 aliphatic carbocycles. The van der Waals surface area contributed by atoms with Gasteiger partial charge in [-0.3, -0.25) is 0 Å². The fourth-order valence-corrected chi connectivity index (χ4v) is 3.42. The van der Waals surface area contributed by atoms with Crippen LogP contribution in [0.3, 0.4) is 0 Å². The van der Waals surface area contributed by atoms with Crippen molar-refractivity contribution in [2.45, 2.75) is 0 Å². The first-order chi connectivity index (χ1) is 11.4. The van der Waals surface area contributed by atoms with Crippen LogP contribution in [0.2, 0.25) is 0 Å². The molecule has 1 aliphatic rings. The topological polar surface area (TPSA) is 18.5 Å². The molecule has 2 nitrogen and oxygen atoms in total. The second-order valence-corrected chi connectivity index (χ2v) is 5.73. The maximum atomic E-state index is 5.72. The lowest BCUT2D eigenvalue weighted by Gasteiger charge is -2.12. The van der Waals surface area contributed by atoms with Crippen molar-refractivity contribution < 1.29 is 9.47 Å². The van der Waals surface area contributed by atoms with Gasteiger partial charge in [0.05, 0.1) is 0 Å². The first-order valence-electron chi connectivity index (χ1n) is 7.71. The minimum absolute atomic E-state index is 0.290. The minimum Gasteiger partial charge on any atom is -0.454 e. The smallest absolute Gasteiger partial charge is 0.231 e. The molecule has 0 fully saturated rings. The third kappa shape index (κ3) is 1.82. The normalized spacial score (nSPS) is 12.9. The second kappa shape index (κ2) is 4.75. The van der Waals surface area contributed by atoms with Crippen LogP contribution in [0.15, 0.2) is 72.8 Å². The summed E-state index contributed by atoms with van der Waals surface area (Å²) in [5.41, 5.74) is 2.27. The fourth-order valence-electron chi connectivity index (χ4n) is 3.42. The molecule has 0 atom stereocenters. The summed E-state index contributed by atoms with van der Waals surface area (Å²) in [5, 5.41) is 5.00. The summed E-state index contributed by atoms with van der Waals surface area (Å²) in [6.45, 7) is 0.290. The van der Waals surface area contributed by atoms with Gasteiger partial charge in [0.1, 0.15) is 0 Å². The maximum Gasteiger partial charge on any atom is 0.231 e. The van der Waals surface area contributed by atoms with Crippen molar-refractivity contribution >= 4 is 21.5 Å². The SMILES string of the molecule is c1cc2c(c(-c3cc4ccccc4c4ccccc34)c1)OCO2. The van der Waals surface area contributed by atoms with Crippen LogP contribution < -0.4 is 9.47 Å². The van der Waals surface area contributed by atoms with Gasteiger partial charge in [0.2, 0.25) is 6.79 Å². The molecule has 0 saturated heterocycles. The van der Waals surface area contributed by atoms with E-state index in [4.69, 9.17) is 9.47 Å². The number of benzene rings is 4. The van der Waals surface area contributed by atoms with E-state index in [9.17, 15) is 0 Å². The molecular formula is C21H14O2. The van der Waals surface area contributed by atoms with Crippen LogP contribution >= 0.6 is 0 Å². The lowest BCUT2D eigenvalue weighted by Crippen LogP contribution is -1.93. The van der Waals surface area contributed by atoms with E-state index in [0.29, 0.717) is 0 Å². The van der Waals surface area contributed by atoms with Crippen LogP contribution in [-0.4, -0.2) is 6.79 Å². The van der Waals surface area contributed by atoms with E-state index in [1.807, 2.05) is 12.1 Å². The second-order valence-electron chi connectivity index (χ2n) is 5.73. The van der Waals surface area contributed by atoms with Gasteiger partial charge < -0.3 is 9.47 Å². The largest absolute Gasteiger partial charge is 0.454 e. The zero-order valence-corrected chi connectivity index (χ0v) is 12.5. The first-order valence-corrected chi connectivity index (χ1v) is 7.71. The van der Waals surface area contributed by atoms with E-state index < -0.39 is 0 Å². The van der Waals surface area contributed by atoms with E-state index in [1.54, 1.807) is 0 Å². The third-order valence-electron chi connectivity index (χ3n) is 4.45. The Kier molecular flexibility index (Phi) is 2.59. The lowest BCUT2D eigenvalue weighted by atomic mass is 9.93. The maximum absolute atomic E-state index is 5.72. The average molecular weight is 298 g/mol. The van der Waals surface area contributed by atoms with Gasteiger partial charge in [-0.25, -0.2) is 0 Å². The summed E-state index contributed by atoms with van der Waals surface area (Å²) in [7, 11) is 0. The summed E-state index contributed by atoms with van der Waals surface area (Å²) in [4.78, 5) is 0. The number of fused-ring (bicyclic) bond motifs is 4. The molecule has 1 aliphatic heterocycles. The van der Waals surface area contributed by atoms with Crippen LogP contribution in [0.1, 0.15) is 0 Å². The van der Waals surface area contributed by atoms with Gasteiger partial charge in [-0.05, 0) is 39.2 Å². The zero-order valence-electron chi connectivity index (χ0n) is 12.5. The number of ether oxygens (including phenoxy) is 2. The molecule has 0 radical (unpaired) electrons. The van der Waals surface area contributed by atoms with Crippen molar-refractivity contribution in [1.29, 1.82) is 0 Å². The van der Waals surface area contributed by atoms with E-state index in [-0.39, 0.29) is 6.79 Å². The monoisotopic (exact) mass is 298 g/mol. The Bertz CT molecular complexity index is 1050. The molecular weight excluding hydrogens is 284 g/mol. The summed E-state index contributed by atoms with van der Waals surface area (Å²) in [6, 6.07) is 25.4. The molecule has 0 bridgehead atoms. The molecule has 0 amide bonds. The van der Waals surface area contributed by atoms with Gasteiger partial charge >= 0.3 is 0 Å². The highest BCUT2D eigenvalue weighted by Gasteiger charge is 2.20. The Morgan fingerprint density at radius 3 is 2.30 bits per heavy atom. The number of rotatable bonds is 1. The molecule has 4 aromatic rings. The lowest BCUT2D eigenvalue weighted by molar-refractivity contribution is 0.174. The predicted molar refractivity (Wildman–Crippen MR) is 93.0 cm³/mol. The molecule has 5 rings (SSSR count). The van der Waals surface area contributed by atoms with Gasteiger partial charge in [0.25, 0.3) is 0 Å². The number of hydrogen-bond acceptors (Lipinski definition) is 2. The van der Waals surface area contributed by atoms with Crippen molar-refractivity contribution in [2.75, 3.05) is 6.79 Å². The molecule has 0 unspecified atom stereocenters. The Balaban J connectivity index is 1.93. The van der Waals surface area contributed by atoms with Gasteiger partial charge in [0, 0.05) is 5.56 Å². The third-order valence-corrected chi connectivity index (χ3v) is 4.45. The average Bonchev–Trinajstić information content (AvgIpc) is 3.10. The Morgan fingerprint density at radius 2 is 1.39 bits per heavy atom. The molecule has 4 aromatic carbocycles. The number of hydrogen-bond donors (Lipinski definition) is 0. The van der Waals surface area contributed by atoms with E-state index >= 15 is 0 Å². The van der Waals surface area contributed by atoms with Crippen molar-refractivity contribution in [3.05, 3.63) is 72.8 Å². The summed E-state index contributed by atoms with van der Waals surface area (Å²) in [6.07, 6.45) is 0. The molecule has 0 aromatic heterocycles. The van der Waals surface area contributed by atoms with Crippen LogP contribution in [0.4, 0.5) is 0 Å². The van der Waals surface area contributed by atoms with Gasteiger partial charge in [-0.2, -0.15) is 0 Å². The minimum atomic E-state index is 0.290. The summed E-state index contributed by atoms with van der Waals surface area (Å²) in [5.74, 6) is 1.66. The quantitative estimate of drug-likeness (QED) is 0.439. The highest BCUT2D eigenvalue weighted by Crippen LogP contribution is 2.44. The van der Waals surface area contributed by atoms with Gasteiger partial charge in [-0.1, -0.05) is 60.7 Å². The summed E-state index contributed by atoms with van der Waals surface area (Å²) >= 11 is 0. The Morgan fingerprint density at radius 1 is 0.609 bits per heavy atom. The standard InChI is InChI=1S/C21H14O2/c1-2-7-15-14(6-1)12-19(17-9-4-3-8-16(15)17)18-10-5-11-20-21(18)23-13-22-20/h1-12H,13H2. The molecule has 0 N–H and O–H groups in total. The van der Waals surface area contributed by atoms with E-state index in [2.05, 4.69) is 60.7 Å². The fraction of sp³-hybridized carbons (Fsp3) is 0.0476. The Hall–Kier alpha value is -3.00. The van der Waals surface area contributed by atoms with Crippen LogP contribution in [0.5, 0.6) is 11.5 Å². The van der Waals surface area contributed by atoms with Crippen molar-refractivity contribution in [3.63, 3.8) is 0 Å². The highest BCUT2D eigenvalue weighted by molar-refractivity contribution is 6.14. The molecule has 0 saturated carbocycles. The zero-order chi connectivity index (χ0) is 15.2. The molecule has 23 heavy (non-hydrogen) atoms. The number of para-hydroxylation sites is 1. The Labute approximate surface area is 133 Å². The molecule has 2 heteroatoms. The van der Waals surface area contributed by atoms with Gasteiger partial charge in [0.15, 0.2) is 11.5 Å².